The monoisotopic (exact) mass is 794 g/mol. The van der Waals surface area contributed by atoms with Crippen LogP contribution in [-0.2, 0) is 19.4 Å². The Morgan fingerprint density at radius 1 is 1.08 bits per heavy atom. The maximum atomic E-state index is 14.1. The van der Waals surface area contributed by atoms with Crippen molar-refractivity contribution in [3.63, 3.8) is 0 Å². The van der Waals surface area contributed by atoms with Crippen LogP contribution in [0.2, 0.25) is 5.02 Å². The molecule has 2 amide bonds. The number of hydrogen-bond acceptors (Lipinski definition) is 11. The van der Waals surface area contributed by atoms with Gasteiger partial charge in [0.1, 0.15) is 11.9 Å². The zero-order valence-corrected chi connectivity index (χ0v) is 32.2. The molecular formula is C37H36ClFN6O5S3. The number of aromatic nitrogens is 1. The molecule has 3 aromatic carbocycles. The number of carbonyl (C=O) groups excluding carboxylic acids is 2. The lowest BCUT2D eigenvalue weighted by Gasteiger charge is -2.38. The number of halogens is 2. The van der Waals surface area contributed by atoms with Gasteiger partial charge in [0.15, 0.2) is 20.7 Å². The van der Waals surface area contributed by atoms with Gasteiger partial charge in [0, 0.05) is 76.1 Å². The van der Waals surface area contributed by atoms with Crippen LogP contribution in [-0.4, -0.2) is 92.2 Å². The van der Waals surface area contributed by atoms with Gasteiger partial charge in [-0.2, -0.15) is 0 Å². The van der Waals surface area contributed by atoms with E-state index in [-0.39, 0.29) is 22.7 Å². The predicted octanol–water partition coefficient (Wildman–Crippen LogP) is 6.41. The number of sulfone groups is 1. The van der Waals surface area contributed by atoms with E-state index in [1.165, 1.54) is 48.4 Å². The van der Waals surface area contributed by atoms with Crippen molar-refractivity contribution >= 4 is 68.1 Å². The highest BCUT2D eigenvalue weighted by Gasteiger charge is 2.42. The number of thiazole rings is 1. The van der Waals surface area contributed by atoms with Gasteiger partial charge in [-0.3, -0.25) is 14.8 Å². The molecular weight excluding hydrogens is 759 g/mol. The minimum absolute atomic E-state index is 0.0635. The molecule has 3 aliphatic heterocycles. The molecule has 276 valence electrons. The number of amides is 2. The lowest BCUT2D eigenvalue weighted by molar-refractivity contribution is -0.136. The number of esters is 1. The topological polar surface area (TPSA) is 125 Å². The van der Waals surface area contributed by atoms with Gasteiger partial charge in [0.25, 0.3) is 0 Å². The third-order valence-corrected chi connectivity index (χ3v) is 13.7. The van der Waals surface area contributed by atoms with Crippen molar-refractivity contribution in [3.05, 3.63) is 111 Å². The van der Waals surface area contributed by atoms with E-state index in [1.807, 2.05) is 34.5 Å². The number of anilines is 1. The first-order chi connectivity index (χ1) is 25.4. The first kappa shape index (κ1) is 37.1. The Hall–Kier alpha value is -4.28. The molecule has 2 atom stereocenters. The largest absolute Gasteiger partial charge is 0.466 e. The number of aliphatic imine (C=N–C) groups is 1. The number of amidine groups is 1. The van der Waals surface area contributed by atoms with Crippen LogP contribution in [0, 0.1) is 5.82 Å². The van der Waals surface area contributed by atoms with E-state index in [9.17, 15) is 22.4 Å². The first-order valence-corrected chi connectivity index (χ1v) is 20.5. The van der Waals surface area contributed by atoms with Gasteiger partial charge < -0.3 is 15.0 Å². The van der Waals surface area contributed by atoms with Crippen LogP contribution >= 0.6 is 34.7 Å². The molecule has 0 bridgehead atoms. The molecule has 0 radical (unpaired) electrons. The Morgan fingerprint density at radius 3 is 2.43 bits per heavy atom. The highest BCUT2D eigenvalue weighted by molar-refractivity contribution is 7.99. The lowest BCUT2D eigenvalue weighted by Crippen LogP contribution is -2.53. The van der Waals surface area contributed by atoms with Gasteiger partial charge in [-0.1, -0.05) is 29.4 Å². The second-order valence-electron chi connectivity index (χ2n) is 13.0. The Labute approximate surface area is 320 Å². The number of nitrogens with one attached hydrogen (secondary N) is 1. The summed E-state index contributed by atoms with van der Waals surface area (Å²) in [5.74, 6) is -0.623. The van der Waals surface area contributed by atoms with Crippen molar-refractivity contribution in [2.45, 2.75) is 45.9 Å². The fraction of sp³-hybridized carbons (Fsp3) is 0.297. The summed E-state index contributed by atoms with van der Waals surface area (Å²) < 4.78 is 44.3. The second kappa shape index (κ2) is 15.2. The van der Waals surface area contributed by atoms with E-state index in [1.54, 1.807) is 49.2 Å². The van der Waals surface area contributed by atoms with Gasteiger partial charge in [-0.05, 0) is 74.5 Å². The maximum absolute atomic E-state index is 14.1. The molecule has 2 saturated heterocycles. The van der Waals surface area contributed by atoms with Gasteiger partial charge in [-0.25, -0.2) is 27.4 Å². The number of ether oxygens (including phenoxy) is 1. The third kappa shape index (κ3) is 7.58. The Bertz CT molecular complexity index is 2200. The molecule has 2 fully saturated rings. The molecule has 3 aliphatic rings. The summed E-state index contributed by atoms with van der Waals surface area (Å²) in [5.41, 5.74) is 2.08. The Morgan fingerprint density at radius 2 is 1.79 bits per heavy atom. The quantitative estimate of drug-likeness (QED) is 0.181. The second-order valence-corrected chi connectivity index (χ2v) is 18.0. The average molecular weight is 795 g/mol. The average Bonchev–Trinajstić information content (AvgIpc) is 3.80. The van der Waals surface area contributed by atoms with Crippen molar-refractivity contribution < 1.29 is 27.1 Å². The van der Waals surface area contributed by atoms with Crippen LogP contribution in [0.15, 0.2) is 109 Å². The van der Waals surface area contributed by atoms with Crippen LogP contribution in [0.1, 0.15) is 30.5 Å². The fourth-order valence-corrected chi connectivity index (χ4v) is 9.36. The summed E-state index contributed by atoms with van der Waals surface area (Å²) in [7, 11) is -2.04. The number of methoxy groups -OCH3 is 1. The minimum atomic E-state index is -3.34. The number of nitrogens with zero attached hydrogens (tertiary/aromatic N) is 5. The van der Waals surface area contributed by atoms with Gasteiger partial charge in [-0.15, -0.1) is 11.3 Å². The number of benzene rings is 3. The van der Waals surface area contributed by atoms with Crippen molar-refractivity contribution in [2.75, 3.05) is 44.7 Å². The standard InChI is InChI=1S/C37H36ClFN6O5S3/c1-22(2)53(48,49)28-11-9-27(10-12-28)52-26-7-5-24(6-8-26)45-20-25-19-43(15-16-44(25)37(45)47)21-31-32(36(46)50-3)33(29-13-4-23(39)18-30(29)38)42-34(41-31)35-40-14-17-51-35/h4-14,17-18,22,25,33H,15-16,19-21H2,1-3H3,(H,41,42)/t25-,33-/m0/s1. The minimum Gasteiger partial charge on any atom is -0.466 e. The molecule has 4 aromatic rings. The predicted molar refractivity (Wildman–Crippen MR) is 204 cm³/mol. The van der Waals surface area contributed by atoms with Crippen LogP contribution in [0.5, 0.6) is 0 Å². The molecule has 0 aliphatic carbocycles. The summed E-state index contributed by atoms with van der Waals surface area (Å²) in [6, 6.07) is 17.6. The number of carbonyl (C=O) groups is 2. The SMILES string of the molecule is COC(=O)C1=C(CN2CCN3C(=O)N(c4ccc(Sc5ccc(S(=O)(=O)C(C)C)cc5)cc4)C[C@@H]3C2)NC(c2nccs2)=N[C@H]1c1ccc(F)cc1Cl. The number of fused-ring (bicyclic) bond motifs is 1. The number of urea groups is 1. The Kier molecular flexibility index (Phi) is 10.6. The van der Waals surface area contributed by atoms with Crippen molar-refractivity contribution in [2.24, 2.45) is 4.99 Å². The lowest BCUT2D eigenvalue weighted by atomic mass is 9.95. The molecule has 1 aromatic heterocycles. The molecule has 7 rings (SSSR count). The summed E-state index contributed by atoms with van der Waals surface area (Å²) in [4.78, 5) is 44.3. The molecule has 11 nitrogen and oxygen atoms in total. The zero-order chi connectivity index (χ0) is 37.4. The van der Waals surface area contributed by atoms with Crippen molar-refractivity contribution in [3.8, 4) is 0 Å². The number of hydrogen-bond donors (Lipinski definition) is 1. The van der Waals surface area contributed by atoms with E-state index < -0.39 is 32.9 Å². The van der Waals surface area contributed by atoms with E-state index >= 15 is 0 Å². The van der Waals surface area contributed by atoms with Crippen LogP contribution < -0.4 is 10.2 Å². The van der Waals surface area contributed by atoms with E-state index in [2.05, 4.69) is 15.2 Å². The Balaban J connectivity index is 1.07. The van der Waals surface area contributed by atoms with Crippen LogP contribution in [0.4, 0.5) is 14.9 Å². The fourth-order valence-electron chi connectivity index (χ4n) is 6.62. The van der Waals surface area contributed by atoms with E-state index in [0.717, 1.165) is 15.5 Å². The van der Waals surface area contributed by atoms with E-state index in [4.69, 9.17) is 21.3 Å². The van der Waals surface area contributed by atoms with E-state index in [0.29, 0.717) is 59.7 Å². The molecule has 53 heavy (non-hydrogen) atoms. The van der Waals surface area contributed by atoms with Crippen LogP contribution in [0.25, 0.3) is 0 Å². The number of piperazine rings is 1. The highest BCUT2D eigenvalue weighted by atomic mass is 35.5. The maximum Gasteiger partial charge on any atom is 0.338 e. The first-order valence-electron chi connectivity index (χ1n) is 16.9. The van der Waals surface area contributed by atoms with Gasteiger partial charge in [0.2, 0.25) is 0 Å². The number of rotatable bonds is 10. The van der Waals surface area contributed by atoms with Crippen molar-refractivity contribution in [1.29, 1.82) is 0 Å². The normalized spacial score (nSPS) is 19.4. The van der Waals surface area contributed by atoms with Crippen LogP contribution in [0.3, 0.4) is 0 Å². The summed E-state index contributed by atoms with van der Waals surface area (Å²) in [6.07, 6.45) is 1.67. The van der Waals surface area contributed by atoms with Crippen molar-refractivity contribution in [1.82, 2.24) is 20.1 Å². The molecule has 1 N–H and O–H groups in total. The zero-order valence-electron chi connectivity index (χ0n) is 29.0. The summed E-state index contributed by atoms with van der Waals surface area (Å²) in [6.45, 7) is 5.78. The molecule has 4 heterocycles. The van der Waals surface area contributed by atoms with Gasteiger partial charge >= 0.3 is 12.0 Å². The van der Waals surface area contributed by atoms with Gasteiger partial charge in [0.05, 0.1) is 28.9 Å². The third-order valence-electron chi connectivity index (χ3n) is 9.40. The molecule has 16 heteroatoms. The smallest absolute Gasteiger partial charge is 0.338 e. The molecule has 0 unspecified atom stereocenters. The summed E-state index contributed by atoms with van der Waals surface area (Å²) in [5, 5.41) is 5.43. The summed E-state index contributed by atoms with van der Waals surface area (Å²) >= 11 is 9.41. The highest BCUT2D eigenvalue weighted by Crippen LogP contribution is 2.38. The molecule has 0 spiro atoms. The molecule has 0 saturated carbocycles.